The first-order chi connectivity index (χ1) is 14.6. The Labute approximate surface area is 195 Å². The molecule has 0 radical (unpaired) electrons. The number of rotatable bonds is 6. The zero-order valence-electron chi connectivity index (χ0n) is 16.7. The number of nitrogens with zero attached hydrogens (tertiary/aromatic N) is 1. The monoisotopic (exact) mass is 533 g/mol. The van der Waals surface area contributed by atoms with Gasteiger partial charge in [-0.25, -0.2) is 0 Å². The number of hydrogen-bond acceptors (Lipinski definition) is 4. The van der Waals surface area contributed by atoms with Crippen molar-refractivity contribution in [3.05, 3.63) is 68.1 Å². The van der Waals surface area contributed by atoms with Gasteiger partial charge in [-0.15, -0.1) is 0 Å². The number of carbonyl (C=O) groups excluding carboxylic acids is 2. The molecule has 0 bridgehead atoms. The standard InChI is InChI=1S/C24H24INO3S/c25-20-13-19(11-12-21(20)29-16-18-9-5-2-6-10-18)14-22-23(27)26(24(28)30-22)15-17-7-3-1-4-8-17/h2,5-6,9-14,17H,1,3-4,7-8,15-16H2/b22-14+. The van der Waals surface area contributed by atoms with E-state index < -0.39 is 0 Å². The summed E-state index contributed by atoms with van der Waals surface area (Å²) in [5.74, 6) is 1.10. The number of amides is 2. The lowest BCUT2D eigenvalue weighted by molar-refractivity contribution is -0.123. The van der Waals surface area contributed by atoms with Crippen LogP contribution < -0.4 is 4.74 Å². The van der Waals surface area contributed by atoms with Gasteiger partial charge < -0.3 is 4.74 Å². The maximum Gasteiger partial charge on any atom is 0.293 e. The van der Waals surface area contributed by atoms with Crippen LogP contribution in [0.3, 0.4) is 0 Å². The summed E-state index contributed by atoms with van der Waals surface area (Å²) < 4.78 is 6.90. The maximum atomic E-state index is 12.8. The van der Waals surface area contributed by atoms with Gasteiger partial charge >= 0.3 is 0 Å². The van der Waals surface area contributed by atoms with E-state index in [0.717, 1.165) is 45.1 Å². The second-order valence-corrected chi connectivity index (χ2v) is 9.92. The van der Waals surface area contributed by atoms with Crippen molar-refractivity contribution >= 4 is 51.6 Å². The first kappa shape index (κ1) is 21.4. The lowest BCUT2D eigenvalue weighted by Gasteiger charge is -2.25. The van der Waals surface area contributed by atoms with Crippen LogP contribution in [0.5, 0.6) is 5.75 Å². The van der Waals surface area contributed by atoms with E-state index in [4.69, 9.17) is 4.74 Å². The third-order valence-electron chi connectivity index (χ3n) is 5.53. The van der Waals surface area contributed by atoms with Crippen LogP contribution in [0.15, 0.2) is 53.4 Å². The summed E-state index contributed by atoms with van der Waals surface area (Å²) in [6.07, 6.45) is 7.71. The Hall–Kier alpha value is -1.80. The molecule has 4 nitrogen and oxygen atoms in total. The number of thioether (sulfide) groups is 1. The van der Waals surface area contributed by atoms with Gasteiger partial charge in [0.15, 0.2) is 0 Å². The van der Waals surface area contributed by atoms with Crippen molar-refractivity contribution in [3.63, 3.8) is 0 Å². The molecule has 0 unspecified atom stereocenters. The fourth-order valence-corrected chi connectivity index (χ4v) is 5.44. The second kappa shape index (κ2) is 10.0. The normalized spacial score (nSPS) is 19.0. The topological polar surface area (TPSA) is 46.6 Å². The van der Waals surface area contributed by atoms with E-state index >= 15 is 0 Å². The Morgan fingerprint density at radius 3 is 2.57 bits per heavy atom. The van der Waals surface area contributed by atoms with Crippen molar-refractivity contribution in [1.82, 2.24) is 4.90 Å². The predicted octanol–water partition coefficient (Wildman–Crippen LogP) is 6.49. The Balaban J connectivity index is 1.41. The molecule has 156 valence electrons. The second-order valence-electron chi connectivity index (χ2n) is 7.76. The van der Waals surface area contributed by atoms with E-state index in [2.05, 4.69) is 22.6 Å². The molecule has 2 aliphatic rings. The van der Waals surface area contributed by atoms with Crippen LogP contribution in [0, 0.1) is 9.49 Å². The molecule has 0 spiro atoms. The highest BCUT2D eigenvalue weighted by Gasteiger charge is 2.36. The average Bonchev–Trinajstić information content (AvgIpc) is 3.02. The van der Waals surface area contributed by atoms with Crippen LogP contribution in [0.25, 0.3) is 6.08 Å². The number of ether oxygens (including phenoxy) is 1. The molecular weight excluding hydrogens is 509 g/mol. The van der Waals surface area contributed by atoms with E-state index in [1.165, 1.54) is 24.2 Å². The number of imide groups is 1. The first-order valence-electron chi connectivity index (χ1n) is 10.3. The minimum Gasteiger partial charge on any atom is -0.488 e. The zero-order valence-corrected chi connectivity index (χ0v) is 19.7. The molecule has 1 aliphatic carbocycles. The highest BCUT2D eigenvalue weighted by molar-refractivity contribution is 14.1. The average molecular weight is 533 g/mol. The minimum atomic E-state index is -0.157. The summed E-state index contributed by atoms with van der Waals surface area (Å²) in [5, 5.41) is -0.144. The highest BCUT2D eigenvalue weighted by atomic mass is 127. The fourth-order valence-electron chi connectivity index (χ4n) is 3.90. The molecule has 1 saturated carbocycles. The highest BCUT2D eigenvalue weighted by Crippen LogP contribution is 2.35. The van der Waals surface area contributed by atoms with Crippen molar-refractivity contribution in [2.75, 3.05) is 6.54 Å². The molecule has 1 saturated heterocycles. The van der Waals surface area contributed by atoms with Crippen molar-refractivity contribution in [1.29, 1.82) is 0 Å². The van der Waals surface area contributed by atoms with E-state index in [9.17, 15) is 9.59 Å². The number of benzene rings is 2. The van der Waals surface area contributed by atoms with Crippen LogP contribution in [-0.2, 0) is 11.4 Å². The Kier molecular flexibility index (Phi) is 7.15. The predicted molar refractivity (Wildman–Crippen MR) is 129 cm³/mol. The third-order valence-corrected chi connectivity index (χ3v) is 7.28. The van der Waals surface area contributed by atoms with E-state index in [-0.39, 0.29) is 11.1 Å². The molecule has 0 N–H and O–H groups in total. The number of halogens is 1. The molecule has 2 fully saturated rings. The lowest BCUT2D eigenvalue weighted by atomic mass is 9.89. The molecule has 2 aromatic rings. The van der Waals surface area contributed by atoms with Crippen LogP contribution in [0.1, 0.15) is 43.2 Å². The van der Waals surface area contributed by atoms with Crippen LogP contribution in [0.2, 0.25) is 0 Å². The Morgan fingerprint density at radius 2 is 1.83 bits per heavy atom. The fraction of sp³-hybridized carbons (Fsp3) is 0.333. The van der Waals surface area contributed by atoms with E-state index in [0.29, 0.717) is 24.0 Å². The van der Waals surface area contributed by atoms with E-state index in [1.807, 2.05) is 54.6 Å². The minimum absolute atomic E-state index is 0.144. The molecule has 1 aliphatic heterocycles. The van der Waals surface area contributed by atoms with Crippen molar-refractivity contribution in [2.45, 2.75) is 38.7 Å². The number of hydrogen-bond donors (Lipinski definition) is 0. The Morgan fingerprint density at radius 1 is 1.07 bits per heavy atom. The molecular formula is C24H24INO3S. The van der Waals surface area contributed by atoms with Crippen molar-refractivity contribution in [3.8, 4) is 5.75 Å². The summed E-state index contributed by atoms with van der Waals surface area (Å²) in [6.45, 7) is 1.07. The maximum absolute atomic E-state index is 12.8. The molecule has 0 aromatic heterocycles. The zero-order chi connectivity index (χ0) is 20.9. The third kappa shape index (κ3) is 5.27. The van der Waals surface area contributed by atoms with Gasteiger partial charge in [-0.1, -0.05) is 55.7 Å². The van der Waals surface area contributed by atoms with Crippen LogP contribution in [-0.4, -0.2) is 22.6 Å². The molecule has 6 heteroatoms. The molecule has 1 heterocycles. The molecule has 30 heavy (non-hydrogen) atoms. The summed E-state index contributed by atoms with van der Waals surface area (Å²) >= 11 is 3.29. The van der Waals surface area contributed by atoms with Gasteiger partial charge in [0, 0.05) is 6.54 Å². The molecule has 0 atom stereocenters. The van der Waals surface area contributed by atoms with Crippen molar-refractivity contribution in [2.24, 2.45) is 5.92 Å². The largest absolute Gasteiger partial charge is 0.488 e. The smallest absolute Gasteiger partial charge is 0.293 e. The molecule has 2 amide bonds. The van der Waals surface area contributed by atoms with Gasteiger partial charge in [0.25, 0.3) is 11.1 Å². The van der Waals surface area contributed by atoms with Gasteiger partial charge in [-0.3, -0.25) is 14.5 Å². The van der Waals surface area contributed by atoms with Gasteiger partial charge in [0.1, 0.15) is 12.4 Å². The summed E-state index contributed by atoms with van der Waals surface area (Å²) in [4.78, 5) is 27.1. The molecule has 2 aromatic carbocycles. The Bertz CT molecular complexity index is 954. The molecule has 4 rings (SSSR count). The lowest BCUT2D eigenvalue weighted by Crippen LogP contribution is -2.34. The summed E-state index contributed by atoms with van der Waals surface area (Å²) in [5.41, 5.74) is 2.01. The van der Waals surface area contributed by atoms with Crippen molar-refractivity contribution < 1.29 is 14.3 Å². The first-order valence-corrected chi connectivity index (χ1v) is 12.2. The summed E-state index contributed by atoms with van der Waals surface area (Å²) in [6, 6.07) is 15.9. The summed E-state index contributed by atoms with van der Waals surface area (Å²) in [7, 11) is 0. The van der Waals surface area contributed by atoms with E-state index in [1.54, 1.807) is 0 Å². The van der Waals surface area contributed by atoms with Crippen LogP contribution >= 0.6 is 34.4 Å². The van der Waals surface area contributed by atoms with Gasteiger partial charge in [0.2, 0.25) is 0 Å². The van der Waals surface area contributed by atoms with Gasteiger partial charge in [-0.05, 0) is 82.4 Å². The SMILES string of the molecule is O=C1S/C(=C/c2ccc(OCc3ccccc3)c(I)c2)C(=O)N1CC1CCCCC1. The quantitative estimate of drug-likeness (QED) is 0.315. The van der Waals surface area contributed by atoms with Crippen LogP contribution in [0.4, 0.5) is 4.79 Å². The number of carbonyl (C=O) groups is 2. The van der Waals surface area contributed by atoms with Gasteiger partial charge in [-0.2, -0.15) is 0 Å². The van der Waals surface area contributed by atoms with Gasteiger partial charge in [0.05, 0.1) is 8.48 Å².